The van der Waals surface area contributed by atoms with Crippen LogP contribution in [0.15, 0.2) is 58.7 Å². The number of carbonyl (C=O) groups excluding carboxylic acids is 2. The van der Waals surface area contributed by atoms with Gasteiger partial charge in [-0.1, -0.05) is 22.0 Å². The van der Waals surface area contributed by atoms with Gasteiger partial charge in [0.15, 0.2) is 0 Å². The lowest BCUT2D eigenvalue weighted by atomic mass is 10.0. The van der Waals surface area contributed by atoms with Gasteiger partial charge in [0.05, 0.1) is 10.5 Å². The van der Waals surface area contributed by atoms with Crippen molar-refractivity contribution in [3.05, 3.63) is 74.4 Å². The molecule has 3 rings (SSSR count). The van der Waals surface area contributed by atoms with Gasteiger partial charge in [0, 0.05) is 28.3 Å². The SMILES string of the molecule is CC(C)N1C(=O)C(Nc2cccc(Br)c2)=C(c2ccc([N+](=O)[O-])cc2)C1=O. The summed E-state index contributed by atoms with van der Waals surface area (Å²) in [7, 11) is 0. The van der Waals surface area contributed by atoms with Gasteiger partial charge < -0.3 is 5.32 Å². The molecule has 8 heteroatoms. The van der Waals surface area contributed by atoms with E-state index in [1.54, 1.807) is 32.0 Å². The number of non-ortho nitro benzene ring substituents is 1. The van der Waals surface area contributed by atoms with E-state index in [4.69, 9.17) is 0 Å². The fourth-order valence-corrected chi connectivity index (χ4v) is 3.26. The molecule has 27 heavy (non-hydrogen) atoms. The molecule has 1 heterocycles. The van der Waals surface area contributed by atoms with Crippen LogP contribution in [-0.4, -0.2) is 27.7 Å². The van der Waals surface area contributed by atoms with E-state index in [1.807, 2.05) is 6.07 Å². The van der Waals surface area contributed by atoms with Gasteiger partial charge in [0.2, 0.25) is 0 Å². The molecule has 0 aliphatic carbocycles. The zero-order valence-electron chi connectivity index (χ0n) is 14.6. The van der Waals surface area contributed by atoms with E-state index in [2.05, 4.69) is 21.2 Å². The summed E-state index contributed by atoms with van der Waals surface area (Å²) in [5.41, 5.74) is 1.35. The molecule has 1 aliphatic heterocycles. The van der Waals surface area contributed by atoms with E-state index in [1.165, 1.54) is 29.2 Å². The van der Waals surface area contributed by atoms with Gasteiger partial charge in [-0.3, -0.25) is 24.6 Å². The third-order valence-corrected chi connectivity index (χ3v) is 4.59. The molecular weight excluding hydrogens is 414 g/mol. The van der Waals surface area contributed by atoms with E-state index in [0.29, 0.717) is 11.3 Å². The number of nitro benzene ring substituents is 1. The van der Waals surface area contributed by atoms with Gasteiger partial charge in [0.1, 0.15) is 5.70 Å². The summed E-state index contributed by atoms with van der Waals surface area (Å²) in [5, 5.41) is 13.9. The highest BCUT2D eigenvalue weighted by Crippen LogP contribution is 2.32. The topological polar surface area (TPSA) is 92.6 Å². The second kappa shape index (κ2) is 7.32. The first-order chi connectivity index (χ1) is 12.8. The molecule has 0 unspecified atom stereocenters. The first-order valence-electron chi connectivity index (χ1n) is 8.19. The van der Waals surface area contributed by atoms with Crippen molar-refractivity contribution >= 4 is 44.7 Å². The van der Waals surface area contributed by atoms with Crippen LogP contribution in [0, 0.1) is 10.1 Å². The Balaban J connectivity index is 2.09. The molecule has 0 radical (unpaired) electrons. The van der Waals surface area contributed by atoms with Crippen LogP contribution in [0.5, 0.6) is 0 Å². The largest absolute Gasteiger partial charge is 0.350 e. The highest BCUT2D eigenvalue weighted by molar-refractivity contribution is 9.10. The number of hydrogen-bond acceptors (Lipinski definition) is 5. The van der Waals surface area contributed by atoms with Crippen LogP contribution in [0.1, 0.15) is 19.4 Å². The maximum Gasteiger partial charge on any atom is 0.278 e. The van der Waals surface area contributed by atoms with Gasteiger partial charge in [0.25, 0.3) is 17.5 Å². The molecule has 0 atom stereocenters. The zero-order valence-corrected chi connectivity index (χ0v) is 16.2. The van der Waals surface area contributed by atoms with Crippen LogP contribution in [0.2, 0.25) is 0 Å². The number of imide groups is 1. The van der Waals surface area contributed by atoms with Gasteiger partial charge in [-0.25, -0.2) is 0 Å². The second-order valence-corrected chi connectivity index (χ2v) is 7.18. The van der Waals surface area contributed by atoms with Crippen molar-refractivity contribution < 1.29 is 14.5 Å². The van der Waals surface area contributed by atoms with Crippen molar-refractivity contribution in [3.63, 3.8) is 0 Å². The Labute approximate surface area is 164 Å². The number of benzene rings is 2. The number of nitrogens with zero attached hydrogens (tertiary/aromatic N) is 2. The summed E-state index contributed by atoms with van der Waals surface area (Å²) in [6.07, 6.45) is 0. The Morgan fingerprint density at radius 3 is 2.30 bits per heavy atom. The zero-order chi connectivity index (χ0) is 19.7. The van der Waals surface area contributed by atoms with Crippen molar-refractivity contribution in [2.75, 3.05) is 5.32 Å². The van der Waals surface area contributed by atoms with E-state index < -0.39 is 16.7 Å². The van der Waals surface area contributed by atoms with E-state index in [9.17, 15) is 19.7 Å². The molecule has 2 aromatic rings. The Kier molecular flexibility index (Phi) is 5.09. The summed E-state index contributed by atoms with van der Waals surface area (Å²) in [5.74, 6) is -0.857. The molecule has 0 saturated heterocycles. The minimum Gasteiger partial charge on any atom is -0.350 e. The minimum atomic E-state index is -0.513. The molecule has 2 aromatic carbocycles. The van der Waals surface area contributed by atoms with Crippen LogP contribution in [0.3, 0.4) is 0 Å². The summed E-state index contributed by atoms with van der Waals surface area (Å²) in [6.45, 7) is 3.51. The number of rotatable bonds is 5. The summed E-state index contributed by atoms with van der Waals surface area (Å²) in [6, 6.07) is 12.5. The molecule has 2 amide bonds. The second-order valence-electron chi connectivity index (χ2n) is 6.26. The number of carbonyl (C=O) groups is 2. The van der Waals surface area contributed by atoms with Gasteiger partial charge >= 0.3 is 0 Å². The normalized spacial score (nSPS) is 14.3. The number of amides is 2. The Morgan fingerprint density at radius 2 is 1.74 bits per heavy atom. The summed E-state index contributed by atoms with van der Waals surface area (Å²) < 4.78 is 0.822. The van der Waals surface area contributed by atoms with E-state index in [-0.39, 0.29) is 23.0 Å². The number of hydrogen-bond donors (Lipinski definition) is 1. The molecular formula is C19H16BrN3O4. The average Bonchev–Trinajstić information content (AvgIpc) is 2.85. The molecule has 0 aromatic heterocycles. The summed E-state index contributed by atoms with van der Waals surface area (Å²) >= 11 is 3.37. The highest BCUT2D eigenvalue weighted by Gasteiger charge is 2.40. The maximum atomic E-state index is 12.9. The van der Waals surface area contributed by atoms with Gasteiger partial charge in [-0.05, 0) is 49.7 Å². The monoisotopic (exact) mass is 429 g/mol. The fourth-order valence-electron chi connectivity index (χ4n) is 2.86. The van der Waals surface area contributed by atoms with Crippen molar-refractivity contribution in [1.29, 1.82) is 0 Å². The molecule has 138 valence electrons. The lowest BCUT2D eigenvalue weighted by molar-refractivity contribution is -0.384. The standard InChI is InChI=1S/C19H16BrN3O4/c1-11(2)22-18(24)16(12-6-8-15(9-7-12)23(26)27)17(19(22)25)21-14-5-3-4-13(20)10-14/h3-11,21H,1-2H3. The third kappa shape index (κ3) is 3.61. The predicted octanol–water partition coefficient (Wildman–Crippen LogP) is 3.96. The Morgan fingerprint density at radius 1 is 1.07 bits per heavy atom. The van der Waals surface area contributed by atoms with Gasteiger partial charge in [-0.2, -0.15) is 0 Å². The Bertz CT molecular complexity index is 967. The minimum absolute atomic E-state index is 0.0849. The number of halogens is 1. The average molecular weight is 430 g/mol. The number of nitrogens with one attached hydrogen (secondary N) is 1. The molecule has 0 spiro atoms. The molecule has 1 aliphatic rings. The van der Waals surface area contributed by atoms with E-state index in [0.717, 1.165) is 4.47 Å². The fraction of sp³-hybridized carbons (Fsp3) is 0.158. The van der Waals surface area contributed by atoms with Crippen LogP contribution < -0.4 is 5.32 Å². The van der Waals surface area contributed by atoms with Crippen molar-refractivity contribution in [2.24, 2.45) is 0 Å². The molecule has 0 bridgehead atoms. The number of nitro groups is 1. The van der Waals surface area contributed by atoms with Gasteiger partial charge in [-0.15, -0.1) is 0 Å². The van der Waals surface area contributed by atoms with Crippen LogP contribution in [-0.2, 0) is 9.59 Å². The van der Waals surface area contributed by atoms with Crippen LogP contribution >= 0.6 is 15.9 Å². The summed E-state index contributed by atoms with van der Waals surface area (Å²) in [4.78, 5) is 37.3. The quantitative estimate of drug-likeness (QED) is 0.441. The lowest BCUT2D eigenvalue weighted by Crippen LogP contribution is -2.38. The van der Waals surface area contributed by atoms with Crippen LogP contribution in [0.4, 0.5) is 11.4 Å². The number of anilines is 1. The molecule has 0 fully saturated rings. The smallest absolute Gasteiger partial charge is 0.278 e. The predicted molar refractivity (Wildman–Crippen MR) is 105 cm³/mol. The molecule has 0 saturated carbocycles. The van der Waals surface area contributed by atoms with Crippen molar-refractivity contribution in [3.8, 4) is 0 Å². The first kappa shape index (κ1) is 18.8. The molecule has 1 N–H and O–H groups in total. The maximum absolute atomic E-state index is 12.9. The van der Waals surface area contributed by atoms with Crippen LogP contribution in [0.25, 0.3) is 5.57 Å². The lowest BCUT2D eigenvalue weighted by Gasteiger charge is -2.19. The Hall–Kier alpha value is -3.00. The highest BCUT2D eigenvalue weighted by atomic mass is 79.9. The van der Waals surface area contributed by atoms with E-state index >= 15 is 0 Å². The third-order valence-electron chi connectivity index (χ3n) is 4.09. The van der Waals surface area contributed by atoms with Crippen molar-refractivity contribution in [2.45, 2.75) is 19.9 Å². The first-order valence-corrected chi connectivity index (χ1v) is 8.98. The molecule has 7 nitrogen and oxygen atoms in total. The van der Waals surface area contributed by atoms with Crippen molar-refractivity contribution in [1.82, 2.24) is 4.90 Å².